The molecule has 1 amide bonds. The van der Waals surface area contributed by atoms with Crippen LogP contribution in [0.3, 0.4) is 0 Å². The van der Waals surface area contributed by atoms with E-state index in [1.807, 2.05) is 30.4 Å². The van der Waals surface area contributed by atoms with Gasteiger partial charge in [-0.2, -0.15) is 4.31 Å². The topological polar surface area (TPSA) is 91.6 Å². The Hall–Kier alpha value is -2.98. The van der Waals surface area contributed by atoms with E-state index >= 15 is 0 Å². The van der Waals surface area contributed by atoms with Crippen LogP contribution in [-0.4, -0.2) is 77.3 Å². The van der Waals surface area contributed by atoms with Gasteiger partial charge in [0.25, 0.3) is 5.91 Å². The Morgan fingerprint density at radius 1 is 1.03 bits per heavy atom. The van der Waals surface area contributed by atoms with Gasteiger partial charge in [-0.15, -0.1) is 0 Å². The average Bonchev–Trinajstić information content (AvgIpc) is 3.15. The molecule has 3 heterocycles. The molecule has 0 atom stereocenters. The van der Waals surface area contributed by atoms with Crippen molar-refractivity contribution in [1.29, 1.82) is 0 Å². The first-order chi connectivity index (χ1) is 15.4. The second-order valence-electron chi connectivity index (χ2n) is 7.73. The zero-order valence-electron chi connectivity index (χ0n) is 18.6. The Balaban J connectivity index is 1.56. The van der Waals surface area contributed by atoms with Crippen LogP contribution in [0.5, 0.6) is 0 Å². The molecule has 0 bridgehead atoms. The Morgan fingerprint density at radius 2 is 1.69 bits per heavy atom. The van der Waals surface area contributed by atoms with Crippen molar-refractivity contribution in [3.05, 3.63) is 48.4 Å². The number of aromatic nitrogens is 3. The van der Waals surface area contributed by atoms with E-state index in [0.717, 1.165) is 10.9 Å². The molecule has 1 aromatic carbocycles. The van der Waals surface area contributed by atoms with Gasteiger partial charge in [0.1, 0.15) is 5.69 Å². The predicted octanol–water partition coefficient (Wildman–Crippen LogP) is 1.96. The van der Waals surface area contributed by atoms with E-state index in [4.69, 9.17) is 0 Å². The van der Waals surface area contributed by atoms with Crippen molar-refractivity contribution < 1.29 is 13.2 Å². The molecule has 170 valence electrons. The smallest absolute Gasteiger partial charge is 0.270 e. The van der Waals surface area contributed by atoms with Crippen LogP contribution in [0.25, 0.3) is 10.9 Å². The highest BCUT2D eigenvalue weighted by molar-refractivity contribution is 7.89. The van der Waals surface area contributed by atoms with Crippen LogP contribution < -0.4 is 4.90 Å². The second kappa shape index (κ2) is 8.87. The fourth-order valence-corrected chi connectivity index (χ4v) is 5.63. The molecule has 0 N–H and O–H groups in total. The minimum absolute atomic E-state index is 0.0644. The standard InChI is InChI=1S/C22H28N6O3S/c1-4-28(5-2)32(30,31)18-7-8-19-17(15-18)16-20(25(19)3)21(29)26-11-13-27(14-12-26)22-23-9-6-10-24-22/h6-10,15-16H,4-5,11-14H2,1-3H3. The van der Waals surface area contributed by atoms with Crippen molar-refractivity contribution in [3.63, 3.8) is 0 Å². The minimum Gasteiger partial charge on any atom is -0.340 e. The number of nitrogens with zero attached hydrogens (tertiary/aromatic N) is 6. The van der Waals surface area contributed by atoms with Gasteiger partial charge in [0.05, 0.1) is 4.90 Å². The summed E-state index contributed by atoms with van der Waals surface area (Å²) in [4.78, 5) is 25.9. The first-order valence-corrected chi connectivity index (χ1v) is 12.2. The van der Waals surface area contributed by atoms with Crippen LogP contribution in [-0.2, 0) is 17.1 Å². The molecule has 9 nitrogen and oxygen atoms in total. The lowest BCUT2D eigenvalue weighted by Gasteiger charge is -2.34. The Morgan fingerprint density at radius 3 is 2.31 bits per heavy atom. The lowest BCUT2D eigenvalue weighted by atomic mass is 10.2. The number of hydrogen-bond donors (Lipinski definition) is 0. The molecule has 1 aliphatic rings. The van der Waals surface area contributed by atoms with Gasteiger partial charge in [-0.3, -0.25) is 4.79 Å². The average molecular weight is 457 g/mol. The molecule has 4 rings (SSSR count). The molecule has 3 aromatic rings. The zero-order chi connectivity index (χ0) is 22.9. The van der Waals surface area contributed by atoms with Crippen molar-refractivity contribution in [2.45, 2.75) is 18.7 Å². The molecule has 0 spiro atoms. The number of hydrogen-bond acceptors (Lipinski definition) is 6. The summed E-state index contributed by atoms with van der Waals surface area (Å²) >= 11 is 0. The summed E-state index contributed by atoms with van der Waals surface area (Å²) in [6, 6.07) is 8.61. The molecule has 32 heavy (non-hydrogen) atoms. The van der Waals surface area contributed by atoms with Gasteiger partial charge in [0.15, 0.2) is 0 Å². The maximum Gasteiger partial charge on any atom is 0.270 e. The van der Waals surface area contributed by atoms with E-state index in [0.29, 0.717) is 50.9 Å². The molecule has 2 aromatic heterocycles. The highest BCUT2D eigenvalue weighted by Gasteiger charge is 2.27. The molecule has 0 radical (unpaired) electrons. The molecule has 0 unspecified atom stereocenters. The molecule has 1 fully saturated rings. The van der Waals surface area contributed by atoms with E-state index in [1.165, 1.54) is 4.31 Å². The van der Waals surface area contributed by atoms with Crippen LogP contribution in [0, 0.1) is 0 Å². The number of carbonyl (C=O) groups excluding carboxylic acids is 1. The number of benzene rings is 1. The van der Waals surface area contributed by atoms with E-state index in [9.17, 15) is 13.2 Å². The number of anilines is 1. The van der Waals surface area contributed by atoms with Crippen LogP contribution in [0.15, 0.2) is 47.6 Å². The maximum atomic E-state index is 13.2. The fourth-order valence-electron chi connectivity index (χ4n) is 4.13. The monoisotopic (exact) mass is 456 g/mol. The van der Waals surface area contributed by atoms with Gasteiger partial charge in [0, 0.05) is 69.6 Å². The largest absolute Gasteiger partial charge is 0.340 e. The maximum absolute atomic E-state index is 13.2. The van der Waals surface area contributed by atoms with Crippen LogP contribution in [0.2, 0.25) is 0 Å². The lowest BCUT2D eigenvalue weighted by Crippen LogP contribution is -2.49. The summed E-state index contributed by atoms with van der Waals surface area (Å²) in [5.74, 6) is 0.608. The molecule has 10 heteroatoms. The Labute approximate surface area is 188 Å². The number of amides is 1. The normalized spacial score (nSPS) is 15.0. The molecular weight excluding hydrogens is 428 g/mol. The van der Waals surface area contributed by atoms with Crippen LogP contribution >= 0.6 is 0 Å². The number of aryl methyl sites for hydroxylation is 1. The van der Waals surface area contributed by atoms with Crippen molar-refractivity contribution in [2.75, 3.05) is 44.2 Å². The molecule has 0 saturated carbocycles. The Bertz CT molecular complexity index is 1210. The van der Waals surface area contributed by atoms with E-state index in [-0.39, 0.29) is 10.8 Å². The summed E-state index contributed by atoms with van der Waals surface area (Å²) < 4.78 is 29.0. The first-order valence-electron chi connectivity index (χ1n) is 10.8. The summed E-state index contributed by atoms with van der Waals surface area (Å²) in [6.07, 6.45) is 3.42. The molecule has 0 aliphatic carbocycles. The highest BCUT2D eigenvalue weighted by atomic mass is 32.2. The van der Waals surface area contributed by atoms with Gasteiger partial charge >= 0.3 is 0 Å². The van der Waals surface area contributed by atoms with Crippen molar-refractivity contribution in [3.8, 4) is 0 Å². The van der Waals surface area contributed by atoms with Gasteiger partial charge in [0.2, 0.25) is 16.0 Å². The summed E-state index contributed by atoms with van der Waals surface area (Å²) in [5, 5.41) is 0.736. The Kier molecular flexibility index (Phi) is 6.16. The quantitative estimate of drug-likeness (QED) is 0.563. The van der Waals surface area contributed by atoms with Crippen molar-refractivity contribution in [2.24, 2.45) is 7.05 Å². The highest BCUT2D eigenvalue weighted by Crippen LogP contribution is 2.25. The third-order valence-electron chi connectivity index (χ3n) is 5.98. The summed E-state index contributed by atoms with van der Waals surface area (Å²) in [5.41, 5.74) is 1.37. The molecule has 1 saturated heterocycles. The molecule has 1 aliphatic heterocycles. The SMILES string of the molecule is CCN(CC)S(=O)(=O)c1ccc2c(c1)cc(C(=O)N1CCN(c3ncccn3)CC1)n2C. The first kappa shape index (κ1) is 22.2. The fraction of sp³-hybridized carbons (Fsp3) is 0.409. The number of fused-ring (bicyclic) bond motifs is 1. The number of rotatable bonds is 6. The van der Waals surface area contributed by atoms with Crippen LogP contribution in [0.4, 0.5) is 5.95 Å². The van der Waals surface area contributed by atoms with Gasteiger partial charge in [-0.1, -0.05) is 13.8 Å². The predicted molar refractivity (Wildman–Crippen MR) is 123 cm³/mol. The summed E-state index contributed by atoms with van der Waals surface area (Å²) in [6.45, 7) is 6.92. The van der Waals surface area contributed by atoms with Gasteiger partial charge < -0.3 is 14.4 Å². The van der Waals surface area contributed by atoms with Crippen molar-refractivity contribution >= 4 is 32.8 Å². The zero-order valence-corrected chi connectivity index (χ0v) is 19.4. The second-order valence-corrected chi connectivity index (χ2v) is 9.66. The number of sulfonamides is 1. The third-order valence-corrected chi connectivity index (χ3v) is 8.02. The number of piperazine rings is 1. The minimum atomic E-state index is -3.56. The van der Waals surface area contributed by atoms with E-state index < -0.39 is 10.0 Å². The van der Waals surface area contributed by atoms with E-state index in [2.05, 4.69) is 14.9 Å². The molecular formula is C22H28N6O3S. The third kappa shape index (κ3) is 3.95. The van der Waals surface area contributed by atoms with Gasteiger partial charge in [-0.25, -0.2) is 18.4 Å². The lowest BCUT2D eigenvalue weighted by molar-refractivity contribution is 0.0737. The summed E-state index contributed by atoms with van der Waals surface area (Å²) in [7, 11) is -1.72. The van der Waals surface area contributed by atoms with E-state index in [1.54, 1.807) is 42.7 Å². The van der Waals surface area contributed by atoms with Crippen molar-refractivity contribution in [1.82, 2.24) is 23.7 Å². The number of carbonyl (C=O) groups is 1. The van der Waals surface area contributed by atoms with Crippen LogP contribution in [0.1, 0.15) is 24.3 Å². The van der Waals surface area contributed by atoms with Gasteiger partial charge in [-0.05, 0) is 30.3 Å².